The summed E-state index contributed by atoms with van der Waals surface area (Å²) in [4.78, 5) is 4.20. The normalized spacial score (nSPS) is 12.5. The van der Waals surface area contributed by atoms with E-state index in [0.29, 0.717) is 18.2 Å². The molecule has 0 aliphatic carbocycles. The van der Waals surface area contributed by atoms with Gasteiger partial charge in [0.1, 0.15) is 5.82 Å². The van der Waals surface area contributed by atoms with E-state index in [1.165, 1.54) is 0 Å². The van der Waals surface area contributed by atoms with Gasteiger partial charge >= 0.3 is 0 Å². The smallest absolute Gasteiger partial charge is 0.140 e. The first-order valence-electron chi connectivity index (χ1n) is 4.94. The Hall–Kier alpha value is -0.360. The Kier molecular flexibility index (Phi) is 6.05. The number of methoxy groups -OCH3 is 1. The van der Waals surface area contributed by atoms with Gasteiger partial charge in [-0.25, -0.2) is 4.98 Å². The molecule has 0 saturated heterocycles. The SMILES string of the molecule is COCC(CCN)Nc1ncc(Cl)cc1Br. The molecule has 1 unspecified atom stereocenters. The minimum atomic E-state index is 0.153. The Morgan fingerprint density at radius 2 is 2.44 bits per heavy atom. The Morgan fingerprint density at radius 3 is 3.00 bits per heavy atom. The van der Waals surface area contributed by atoms with Crippen LogP contribution in [0.15, 0.2) is 16.7 Å². The van der Waals surface area contributed by atoms with Crippen molar-refractivity contribution in [3.63, 3.8) is 0 Å². The number of hydrogen-bond acceptors (Lipinski definition) is 4. The summed E-state index contributed by atoms with van der Waals surface area (Å²) in [5.41, 5.74) is 5.53. The van der Waals surface area contributed by atoms with Crippen LogP contribution in [0, 0.1) is 0 Å². The highest BCUT2D eigenvalue weighted by Crippen LogP contribution is 2.23. The first-order valence-corrected chi connectivity index (χ1v) is 6.11. The van der Waals surface area contributed by atoms with Gasteiger partial charge in [-0.1, -0.05) is 11.6 Å². The maximum Gasteiger partial charge on any atom is 0.140 e. The van der Waals surface area contributed by atoms with Crippen molar-refractivity contribution in [1.29, 1.82) is 0 Å². The third-order valence-corrected chi connectivity index (χ3v) is 2.84. The van der Waals surface area contributed by atoms with Crippen LogP contribution in [0.5, 0.6) is 0 Å². The summed E-state index contributed by atoms with van der Waals surface area (Å²) < 4.78 is 5.94. The van der Waals surface area contributed by atoms with Gasteiger partial charge in [0.2, 0.25) is 0 Å². The van der Waals surface area contributed by atoms with Gasteiger partial charge in [-0.2, -0.15) is 0 Å². The topological polar surface area (TPSA) is 60.2 Å². The lowest BCUT2D eigenvalue weighted by atomic mass is 10.2. The molecule has 16 heavy (non-hydrogen) atoms. The van der Waals surface area contributed by atoms with Crippen LogP contribution in [0.1, 0.15) is 6.42 Å². The third kappa shape index (κ3) is 4.25. The fraction of sp³-hybridized carbons (Fsp3) is 0.500. The quantitative estimate of drug-likeness (QED) is 0.846. The molecule has 1 rings (SSSR count). The molecular formula is C10H15BrClN3O. The summed E-state index contributed by atoms with van der Waals surface area (Å²) >= 11 is 9.21. The molecule has 6 heteroatoms. The molecule has 3 N–H and O–H groups in total. The van der Waals surface area contributed by atoms with E-state index in [9.17, 15) is 0 Å². The lowest BCUT2D eigenvalue weighted by molar-refractivity contribution is 0.183. The van der Waals surface area contributed by atoms with E-state index < -0.39 is 0 Å². The van der Waals surface area contributed by atoms with E-state index in [2.05, 4.69) is 26.2 Å². The summed E-state index contributed by atoms with van der Waals surface area (Å²) in [5.74, 6) is 0.750. The van der Waals surface area contributed by atoms with Crippen molar-refractivity contribution in [3.05, 3.63) is 21.8 Å². The van der Waals surface area contributed by atoms with Crippen LogP contribution < -0.4 is 11.1 Å². The lowest BCUT2D eigenvalue weighted by Gasteiger charge is -2.18. The average Bonchev–Trinajstić information content (AvgIpc) is 2.23. The number of hydrogen-bond donors (Lipinski definition) is 2. The van der Waals surface area contributed by atoms with E-state index >= 15 is 0 Å². The van der Waals surface area contributed by atoms with Crippen molar-refractivity contribution in [2.75, 3.05) is 25.6 Å². The van der Waals surface area contributed by atoms with Crippen molar-refractivity contribution in [2.24, 2.45) is 5.73 Å². The molecule has 0 bridgehead atoms. The zero-order valence-corrected chi connectivity index (χ0v) is 11.4. The molecule has 1 atom stereocenters. The monoisotopic (exact) mass is 307 g/mol. The second-order valence-electron chi connectivity index (χ2n) is 3.36. The summed E-state index contributed by atoms with van der Waals surface area (Å²) in [6.07, 6.45) is 2.42. The van der Waals surface area contributed by atoms with Crippen LogP contribution in [0.4, 0.5) is 5.82 Å². The molecule has 0 radical (unpaired) electrons. The highest BCUT2D eigenvalue weighted by Gasteiger charge is 2.10. The third-order valence-electron chi connectivity index (χ3n) is 2.03. The summed E-state index contributed by atoms with van der Waals surface area (Å²) in [6, 6.07) is 1.95. The van der Waals surface area contributed by atoms with E-state index in [0.717, 1.165) is 16.7 Å². The van der Waals surface area contributed by atoms with Crippen molar-refractivity contribution >= 4 is 33.3 Å². The maximum absolute atomic E-state index is 5.81. The van der Waals surface area contributed by atoms with Gasteiger partial charge in [0, 0.05) is 13.3 Å². The van der Waals surface area contributed by atoms with Crippen molar-refractivity contribution in [3.8, 4) is 0 Å². The minimum absolute atomic E-state index is 0.153. The van der Waals surface area contributed by atoms with Crippen molar-refractivity contribution in [1.82, 2.24) is 4.98 Å². The van der Waals surface area contributed by atoms with Gasteiger partial charge in [-0.3, -0.25) is 0 Å². The molecule has 0 aromatic carbocycles. The number of rotatable bonds is 6. The lowest BCUT2D eigenvalue weighted by Crippen LogP contribution is -2.28. The fourth-order valence-corrected chi connectivity index (χ4v) is 2.07. The number of pyridine rings is 1. The van der Waals surface area contributed by atoms with E-state index in [4.69, 9.17) is 22.1 Å². The number of halogens is 2. The van der Waals surface area contributed by atoms with E-state index in [-0.39, 0.29) is 6.04 Å². The second-order valence-corrected chi connectivity index (χ2v) is 4.65. The van der Waals surface area contributed by atoms with E-state index in [1.54, 1.807) is 19.4 Å². The van der Waals surface area contributed by atoms with Crippen LogP contribution in [0.2, 0.25) is 5.02 Å². The zero-order chi connectivity index (χ0) is 12.0. The molecule has 0 saturated carbocycles. The van der Waals surface area contributed by atoms with Gasteiger partial charge < -0.3 is 15.8 Å². The van der Waals surface area contributed by atoms with Gasteiger partial charge in [0.05, 0.1) is 22.1 Å². The molecule has 0 amide bonds. The summed E-state index contributed by atoms with van der Waals surface area (Å²) in [7, 11) is 1.66. The Labute approximate surface area is 109 Å². The summed E-state index contributed by atoms with van der Waals surface area (Å²) in [5, 5.41) is 3.85. The number of aromatic nitrogens is 1. The average molecular weight is 309 g/mol. The van der Waals surface area contributed by atoms with Gasteiger partial charge in [0.25, 0.3) is 0 Å². The number of ether oxygens (including phenoxy) is 1. The minimum Gasteiger partial charge on any atom is -0.383 e. The molecule has 0 aliphatic rings. The zero-order valence-electron chi connectivity index (χ0n) is 9.04. The largest absolute Gasteiger partial charge is 0.383 e. The van der Waals surface area contributed by atoms with Crippen molar-refractivity contribution in [2.45, 2.75) is 12.5 Å². The molecule has 0 spiro atoms. The fourth-order valence-electron chi connectivity index (χ4n) is 1.31. The van der Waals surface area contributed by atoms with Crippen LogP contribution in [0.25, 0.3) is 0 Å². The molecular weight excluding hydrogens is 293 g/mol. The molecule has 1 aromatic heterocycles. The van der Waals surface area contributed by atoms with Gasteiger partial charge in [0.15, 0.2) is 0 Å². The van der Waals surface area contributed by atoms with Gasteiger partial charge in [-0.05, 0) is 35.0 Å². The molecule has 1 heterocycles. The highest BCUT2D eigenvalue weighted by molar-refractivity contribution is 9.10. The number of nitrogens with zero attached hydrogens (tertiary/aromatic N) is 1. The second kappa shape index (κ2) is 7.06. The van der Waals surface area contributed by atoms with Crippen molar-refractivity contribution < 1.29 is 4.74 Å². The molecule has 90 valence electrons. The summed E-state index contributed by atoms with van der Waals surface area (Å²) in [6.45, 7) is 1.19. The number of anilines is 1. The van der Waals surface area contributed by atoms with Crippen LogP contribution in [0.3, 0.4) is 0 Å². The van der Waals surface area contributed by atoms with Gasteiger partial charge in [-0.15, -0.1) is 0 Å². The predicted octanol–water partition coefficient (Wildman–Crippen LogP) is 2.27. The molecule has 1 aromatic rings. The molecule has 0 fully saturated rings. The Bertz CT molecular complexity index is 332. The van der Waals surface area contributed by atoms with E-state index in [1.807, 2.05) is 0 Å². The van der Waals surface area contributed by atoms with Crippen LogP contribution in [-0.2, 0) is 4.74 Å². The Balaban J connectivity index is 2.68. The Morgan fingerprint density at radius 1 is 1.69 bits per heavy atom. The molecule has 0 aliphatic heterocycles. The van der Waals surface area contributed by atoms with Crippen LogP contribution >= 0.6 is 27.5 Å². The highest BCUT2D eigenvalue weighted by atomic mass is 79.9. The number of nitrogens with two attached hydrogens (primary N) is 1. The van der Waals surface area contributed by atoms with Crippen LogP contribution in [-0.4, -0.2) is 31.3 Å². The first-order chi connectivity index (χ1) is 7.67. The first kappa shape index (κ1) is 13.7. The maximum atomic E-state index is 5.81. The number of nitrogens with one attached hydrogen (secondary N) is 1. The predicted molar refractivity (Wildman–Crippen MR) is 69.9 cm³/mol. The molecule has 4 nitrogen and oxygen atoms in total. The standard InChI is InChI=1S/C10H15BrClN3O/c1-16-6-8(2-3-13)15-10-9(11)4-7(12)5-14-10/h4-5,8H,2-3,6,13H2,1H3,(H,14,15).